The minimum atomic E-state index is 0.545. The van der Waals surface area contributed by atoms with Gasteiger partial charge in [0.2, 0.25) is 0 Å². The van der Waals surface area contributed by atoms with Crippen molar-refractivity contribution in [1.82, 2.24) is 10.6 Å². The van der Waals surface area contributed by atoms with Crippen LogP contribution in [-0.2, 0) is 0 Å². The summed E-state index contributed by atoms with van der Waals surface area (Å²) in [5.41, 5.74) is 0. The molecule has 1 atom stereocenters. The van der Waals surface area contributed by atoms with E-state index < -0.39 is 0 Å². The molecule has 1 aromatic rings. The molecule has 2 nitrogen and oxygen atoms in total. The summed E-state index contributed by atoms with van der Waals surface area (Å²) in [5, 5.41) is 8.97. The van der Waals surface area contributed by atoms with E-state index in [1.54, 1.807) is 0 Å². The van der Waals surface area contributed by atoms with Crippen LogP contribution >= 0.6 is 11.3 Å². The quantitative estimate of drug-likeness (QED) is 0.653. The predicted octanol–water partition coefficient (Wildman–Crippen LogP) is 0.982. The van der Waals surface area contributed by atoms with Gasteiger partial charge in [0.25, 0.3) is 0 Å². The summed E-state index contributed by atoms with van der Waals surface area (Å²) in [5.74, 6) is 0. The van der Waals surface area contributed by atoms with Crippen LogP contribution in [0, 0.1) is 0 Å². The summed E-state index contributed by atoms with van der Waals surface area (Å²) in [7, 11) is 0. The number of thiophene rings is 1. The number of piperazine rings is 1. The Morgan fingerprint density at radius 1 is 1.45 bits per heavy atom. The topological polar surface area (TPSA) is 24.1 Å². The minimum absolute atomic E-state index is 0.545. The Balaban J connectivity index is 2.04. The van der Waals surface area contributed by atoms with Gasteiger partial charge in [-0.15, -0.1) is 11.3 Å². The second-order valence-corrected chi connectivity index (χ2v) is 3.71. The van der Waals surface area contributed by atoms with Crippen molar-refractivity contribution >= 4 is 11.3 Å². The Labute approximate surface area is 70.6 Å². The molecular formula is C8H12N2S. The molecule has 1 aromatic heterocycles. The molecule has 2 rings (SSSR count). The second-order valence-electron chi connectivity index (χ2n) is 2.73. The van der Waals surface area contributed by atoms with Crippen LogP contribution < -0.4 is 10.6 Å². The lowest BCUT2D eigenvalue weighted by atomic mass is 10.2. The van der Waals surface area contributed by atoms with E-state index in [9.17, 15) is 0 Å². The van der Waals surface area contributed by atoms with Gasteiger partial charge in [-0.2, -0.15) is 0 Å². The minimum Gasteiger partial charge on any atom is -0.314 e. The first-order chi connectivity index (χ1) is 5.47. The predicted molar refractivity (Wildman–Crippen MR) is 47.9 cm³/mol. The van der Waals surface area contributed by atoms with Crippen molar-refractivity contribution in [2.75, 3.05) is 19.6 Å². The van der Waals surface area contributed by atoms with E-state index in [1.165, 1.54) is 4.88 Å². The molecule has 0 saturated carbocycles. The first kappa shape index (κ1) is 7.28. The molecule has 11 heavy (non-hydrogen) atoms. The molecular weight excluding hydrogens is 156 g/mol. The van der Waals surface area contributed by atoms with Crippen LogP contribution in [0.2, 0.25) is 0 Å². The standard InChI is InChI=1S/C8H12N2S/c1-2-8(11-5-1)7-6-9-3-4-10-7/h1-2,5,7,9-10H,3-4,6H2/t7-/m1/s1. The molecule has 2 N–H and O–H groups in total. The zero-order valence-corrected chi connectivity index (χ0v) is 7.16. The SMILES string of the molecule is c1csc([C@H]2CNCCN2)c1. The normalized spacial score (nSPS) is 25.3. The van der Waals surface area contributed by atoms with E-state index in [2.05, 4.69) is 28.1 Å². The number of rotatable bonds is 1. The van der Waals surface area contributed by atoms with Gasteiger partial charge in [0.1, 0.15) is 0 Å². The smallest absolute Gasteiger partial charge is 0.0541 e. The van der Waals surface area contributed by atoms with Crippen molar-refractivity contribution in [1.29, 1.82) is 0 Å². The van der Waals surface area contributed by atoms with Gasteiger partial charge in [0, 0.05) is 24.5 Å². The van der Waals surface area contributed by atoms with Crippen LogP contribution in [0.1, 0.15) is 10.9 Å². The summed E-state index contributed by atoms with van der Waals surface area (Å²) >= 11 is 1.83. The molecule has 0 radical (unpaired) electrons. The van der Waals surface area contributed by atoms with Crippen LogP contribution in [0.25, 0.3) is 0 Å². The largest absolute Gasteiger partial charge is 0.314 e. The molecule has 0 unspecified atom stereocenters. The molecule has 0 bridgehead atoms. The summed E-state index contributed by atoms with van der Waals surface area (Å²) < 4.78 is 0. The van der Waals surface area contributed by atoms with Crippen LogP contribution in [0.5, 0.6) is 0 Å². The van der Waals surface area contributed by atoms with Crippen molar-refractivity contribution < 1.29 is 0 Å². The van der Waals surface area contributed by atoms with Crippen molar-refractivity contribution in [2.24, 2.45) is 0 Å². The third-order valence-corrected chi connectivity index (χ3v) is 2.91. The molecule has 1 saturated heterocycles. The van der Waals surface area contributed by atoms with Crippen LogP contribution in [0.15, 0.2) is 17.5 Å². The molecule has 1 fully saturated rings. The van der Waals surface area contributed by atoms with Gasteiger partial charge < -0.3 is 10.6 Å². The average Bonchev–Trinajstić information content (AvgIpc) is 2.58. The van der Waals surface area contributed by atoms with Crippen molar-refractivity contribution in [3.63, 3.8) is 0 Å². The monoisotopic (exact) mass is 168 g/mol. The Morgan fingerprint density at radius 3 is 3.09 bits per heavy atom. The fraction of sp³-hybridized carbons (Fsp3) is 0.500. The van der Waals surface area contributed by atoms with Gasteiger partial charge in [0.15, 0.2) is 0 Å². The Hall–Kier alpha value is -0.380. The number of hydrogen-bond acceptors (Lipinski definition) is 3. The highest BCUT2D eigenvalue weighted by atomic mass is 32.1. The van der Waals surface area contributed by atoms with Crippen LogP contribution in [-0.4, -0.2) is 19.6 Å². The first-order valence-electron chi connectivity index (χ1n) is 3.94. The summed E-state index contributed by atoms with van der Waals surface area (Å²) in [6, 6.07) is 4.84. The molecule has 0 spiro atoms. The summed E-state index contributed by atoms with van der Waals surface area (Å²) in [6.07, 6.45) is 0. The molecule has 0 amide bonds. The van der Waals surface area contributed by atoms with Crippen LogP contribution in [0.4, 0.5) is 0 Å². The van der Waals surface area contributed by atoms with Gasteiger partial charge in [-0.3, -0.25) is 0 Å². The van der Waals surface area contributed by atoms with Gasteiger partial charge in [0.05, 0.1) is 6.04 Å². The molecule has 1 aliphatic heterocycles. The summed E-state index contributed by atoms with van der Waals surface area (Å²) in [6.45, 7) is 3.25. The van der Waals surface area contributed by atoms with E-state index in [-0.39, 0.29) is 0 Å². The molecule has 0 aromatic carbocycles. The maximum absolute atomic E-state index is 3.47. The molecule has 0 aliphatic carbocycles. The highest BCUT2D eigenvalue weighted by Gasteiger charge is 2.13. The van der Waals surface area contributed by atoms with E-state index in [1.807, 2.05) is 11.3 Å². The zero-order valence-electron chi connectivity index (χ0n) is 6.34. The fourth-order valence-corrected chi connectivity index (χ4v) is 2.15. The lowest BCUT2D eigenvalue weighted by Crippen LogP contribution is -2.42. The Bertz CT molecular complexity index is 202. The summed E-state index contributed by atoms with van der Waals surface area (Å²) in [4.78, 5) is 1.44. The first-order valence-corrected chi connectivity index (χ1v) is 4.82. The zero-order chi connectivity index (χ0) is 7.52. The van der Waals surface area contributed by atoms with Crippen molar-refractivity contribution in [3.8, 4) is 0 Å². The third-order valence-electron chi connectivity index (χ3n) is 1.93. The van der Waals surface area contributed by atoms with Gasteiger partial charge in [-0.05, 0) is 11.4 Å². The lowest BCUT2D eigenvalue weighted by Gasteiger charge is -2.23. The molecule has 60 valence electrons. The van der Waals surface area contributed by atoms with E-state index in [4.69, 9.17) is 0 Å². The lowest BCUT2D eigenvalue weighted by molar-refractivity contribution is 0.435. The highest BCUT2D eigenvalue weighted by molar-refractivity contribution is 7.10. The Kier molecular flexibility index (Phi) is 2.21. The fourth-order valence-electron chi connectivity index (χ4n) is 1.34. The average molecular weight is 168 g/mol. The second kappa shape index (κ2) is 3.34. The van der Waals surface area contributed by atoms with Gasteiger partial charge in [-0.1, -0.05) is 6.07 Å². The maximum Gasteiger partial charge on any atom is 0.0541 e. The molecule has 2 heterocycles. The third kappa shape index (κ3) is 1.61. The van der Waals surface area contributed by atoms with E-state index >= 15 is 0 Å². The van der Waals surface area contributed by atoms with Crippen molar-refractivity contribution in [3.05, 3.63) is 22.4 Å². The van der Waals surface area contributed by atoms with Gasteiger partial charge >= 0.3 is 0 Å². The van der Waals surface area contributed by atoms with Crippen LogP contribution in [0.3, 0.4) is 0 Å². The molecule has 3 heteroatoms. The number of hydrogen-bond donors (Lipinski definition) is 2. The number of nitrogens with one attached hydrogen (secondary N) is 2. The van der Waals surface area contributed by atoms with E-state index in [0.717, 1.165) is 19.6 Å². The molecule has 1 aliphatic rings. The highest BCUT2D eigenvalue weighted by Crippen LogP contribution is 2.18. The van der Waals surface area contributed by atoms with E-state index in [0.29, 0.717) is 6.04 Å². The van der Waals surface area contributed by atoms with Gasteiger partial charge in [-0.25, -0.2) is 0 Å². The van der Waals surface area contributed by atoms with Crippen molar-refractivity contribution in [2.45, 2.75) is 6.04 Å². The maximum atomic E-state index is 3.47. The Morgan fingerprint density at radius 2 is 2.45 bits per heavy atom.